The average Bonchev–Trinajstić information content (AvgIpc) is 2.56. The van der Waals surface area contributed by atoms with E-state index in [1.165, 1.54) is 0 Å². The molecule has 0 radical (unpaired) electrons. The molecule has 6 heteroatoms. The van der Waals surface area contributed by atoms with Crippen molar-refractivity contribution in [3.8, 4) is 0 Å². The highest BCUT2D eigenvalue weighted by Crippen LogP contribution is 2.18. The Hall–Kier alpha value is -2.11. The second kappa shape index (κ2) is 8.50. The molecule has 2 heterocycles. The van der Waals surface area contributed by atoms with Crippen LogP contribution in [0.25, 0.3) is 0 Å². The topological polar surface area (TPSA) is 66.8 Å². The number of piperidine rings is 1. The Morgan fingerprint density at radius 2 is 2.35 bits per heavy atom. The Balaban J connectivity index is 1.93. The van der Waals surface area contributed by atoms with Gasteiger partial charge in [-0.3, -0.25) is 14.8 Å². The minimum absolute atomic E-state index is 0.0701. The minimum atomic E-state index is -0.104. The molecule has 6 nitrogen and oxygen atoms in total. The molecule has 1 aromatic rings. The van der Waals surface area contributed by atoms with E-state index in [1.54, 1.807) is 7.05 Å². The van der Waals surface area contributed by atoms with Crippen molar-refractivity contribution in [3.05, 3.63) is 29.6 Å². The Kier molecular flexibility index (Phi) is 6.38. The summed E-state index contributed by atoms with van der Waals surface area (Å²) in [7, 11) is 1.76. The van der Waals surface area contributed by atoms with Crippen molar-refractivity contribution < 1.29 is 9.53 Å². The normalized spacial score (nSPS) is 18.7. The molecule has 0 spiro atoms. The van der Waals surface area contributed by atoms with Crippen LogP contribution in [0.2, 0.25) is 0 Å². The maximum atomic E-state index is 12.0. The number of nitrogens with one attached hydrogen (secondary N) is 1. The van der Waals surface area contributed by atoms with Gasteiger partial charge in [-0.15, -0.1) is 0 Å². The molecule has 2 rings (SSSR count). The molecule has 1 unspecified atom stereocenters. The smallest absolute Gasteiger partial charge is 0.310 e. The lowest BCUT2D eigenvalue weighted by Gasteiger charge is -2.33. The summed E-state index contributed by atoms with van der Waals surface area (Å²) >= 11 is 0. The number of aryl methyl sites for hydroxylation is 1. The van der Waals surface area contributed by atoms with Crippen LogP contribution in [-0.4, -0.2) is 48.6 Å². The van der Waals surface area contributed by atoms with Crippen molar-refractivity contribution in [2.75, 3.05) is 26.7 Å². The van der Waals surface area contributed by atoms with Gasteiger partial charge < -0.3 is 15.0 Å². The molecule has 1 aliphatic heterocycles. The van der Waals surface area contributed by atoms with Gasteiger partial charge in [0.15, 0.2) is 5.96 Å². The van der Waals surface area contributed by atoms with Gasteiger partial charge in [0.1, 0.15) is 0 Å². The number of carbonyl (C=O) groups excluding carboxylic acids is 1. The molecular weight excluding hydrogens is 292 g/mol. The number of aliphatic imine (C=N–C) groups is 1. The van der Waals surface area contributed by atoms with Gasteiger partial charge >= 0.3 is 5.97 Å². The number of carbonyl (C=O) groups is 1. The van der Waals surface area contributed by atoms with Crippen LogP contribution in [0.4, 0.5) is 0 Å². The molecule has 1 N–H and O–H groups in total. The van der Waals surface area contributed by atoms with Crippen LogP contribution in [0.5, 0.6) is 0 Å². The summed E-state index contributed by atoms with van der Waals surface area (Å²) in [5.74, 6) is 0.634. The molecular formula is C17H26N4O2. The Morgan fingerprint density at radius 1 is 1.52 bits per heavy atom. The first-order chi connectivity index (χ1) is 11.1. The second-order valence-electron chi connectivity index (χ2n) is 5.71. The molecule has 126 valence electrons. The van der Waals surface area contributed by atoms with Crippen molar-refractivity contribution in [2.24, 2.45) is 10.9 Å². The molecule has 0 saturated carbocycles. The number of rotatable bonds is 4. The Labute approximate surface area is 138 Å². The first-order valence-electron chi connectivity index (χ1n) is 8.18. The standard InChI is InChI=1S/C17H26N4O2/c1-4-23-16(22)14-8-6-10-21(12-14)17(18-3)19-11-15-9-5-7-13(2)20-15/h5,7,9,14H,4,6,8,10-12H2,1-3H3,(H,18,19). The van der Waals surface area contributed by atoms with Gasteiger partial charge in [-0.05, 0) is 38.8 Å². The molecule has 0 aromatic carbocycles. The number of pyridine rings is 1. The van der Waals surface area contributed by atoms with Gasteiger partial charge in [-0.1, -0.05) is 6.07 Å². The molecule has 1 aromatic heterocycles. The molecule has 0 amide bonds. The number of hydrogen-bond donors (Lipinski definition) is 1. The summed E-state index contributed by atoms with van der Waals surface area (Å²) in [6.45, 7) is 6.42. The molecule has 1 saturated heterocycles. The number of likely N-dealkylation sites (tertiary alicyclic amines) is 1. The van der Waals surface area contributed by atoms with Gasteiger partial charge in [0.2, 0.25) is 0 Å². The number of guanidine groups is 1. The summed E-state index contributed by atoms with van der Waals surface area (Å²) in [6, 6.07) is 5.97. The third-order valence-corrected chi connectivity index (χ3v) is 3.93. The van der Waals surface area contributed by atoms with E-state index < -0.39 is 0 Å². The lowest BCUT2D eigenvalue weighted by atomic mass is 9.98. The maximum Gasteiger partial charge on any atom is 0.310 e. The first kappa shape index (κ1) is 17.2. The summed E-state index contributed by atoms with van der Waals surface area (Å²) in [5.41, 5.74) is 1.98. The minimum Gasteiger partial charge on any atom is -0.466 e. The van der Waals surface area contributed by atoms with Crippen molar-refractivity contribution in [3.63, 3.8) is 0 Å². The number of aromatic nitrogens is 1. The molecule has 23 heavy (non-hydrogen) atoms. The fraction of sp³-hybridized carbons (Fsp3) is 0.588. The fourth-order valence-corrected chi connectivity index (χ4v) is 2.82. The first-order valence-corrected chi connectivity index (χ1v) is 8.18. The van der Waals surface area contributed by atoms with E-state index in [0.717, 1.165) is 36.7 Å². The molecule has 0 bridgehead atoms. The van der Waals surface area contributed by atoms with E-state index in [2.05, 4.69) is 20.2 Å². The number of esters is 1. The van der Waals surface area contributed by atoms with E-state index in [-0.39, 0.29) is 11.9 Å². The van der Waals surface area contributed by atoms with E-state index in [0.29, 0.717) is 19.7 Å². The van der Waals surface area contributed by atoms with Crippen molar-refractivity contribution in [1.82, 2.24) is 15.2 Å². The van der Waals surface area contributed by atoms with E-state index in [4.69, 9.17) is 4.74 Å². The predicted octanol–water partition coefficient (Wildman–Crippen LogP) is 1.74. The molecule has 0 aliphatic carbocycles. The number of ether oxygens (including phenoxy) is 1. The third kappa shape index (κ3) is 4.94. The van der Waals surface area contributed by atoms with Crippen LogP contribution in [0.1, 0.15) is 31.2 Å². The fourth-order valence-electron chi connectivity index (χ4n) is 2.82. The zero-order valence-corrected chi connectivity index (χ0v) is 14.2. The lowest BCUT2D eigenvalue weighted by Crippen LogP contribution is -2.48. The quantitative estimate of drug-likeness (QED) is 0.520. The monoisotopic (exact) mass is 318 g/mol. The highest BCUT2D eigenvalue weighted by atomic mass is 16.5. The highest BCUT2D eigenvalue weighted by Gasteiger charge is 2.28. The third-order valence-electron chi connectivity index (χ3n) is 3.93. The predicted molar refractivity (Wildman–Crippen MR) is 90.1 cm³/mol. The zero-order valence-electron chi connectivity index (χ0n) is 14.2. The zero-order chi connectivity index (χ0) is 16.7. The van der Waals surface area contributed by atoms with Crippen LogP contribution >= 0.6 is 0 Å². The van der Waals surface area contributed by atoms with Gasteiger partial charge in [0, 0.05) is 25.8 Å². The number of hydrogen-bond acceptors (Lipinski definition) is 4. The van der Waals surface area contributed by atoms with Gasteiger partial charge in [0.05, 0.1) is 24.8 Å². The van der Waals surface area contributed by atoms with Gasteiger partial charge in [-0.25, -0.2) is 0 Å². The van der Waals surface area contributed by atoms with Crippen LogP contribution in [0, 0.1) is 12.8 Å². The van der Waals surface area contributed by atoms with E-state index in [9.17, 15) is 4.79 Å². The van der Waals surface area contributed by atoms with Gasteiger partial charge in [0.25, 0.3) is 0 Å². The lowest BCUT2D eigenvalue weighted by molar-refractivity contribution is -0.149. The summed E-state index contributed by atoms with van der Waals surface area (Å²) in [6.07, 6.45) is 1.85. The highest BCUT2D eigenvalue weighted by molar-refractivity contribution is 5.81. The van der Waals surface area contributed by atoms with Crippen LogP contribution in [-0.2, 0) is 16.1 Å². The second-order valence-corrected chi connectivity index (χ2v) is 5.71. The SMILES string of the molecule is CCOC(=O)C1CCCN(C(=NC)NCc2cccc(C)n2)C1. The Bertz CT molecular complexity index is 559. The Morgan fingerprint density at radius 3 is 3.04 bits per heavy atom. The summed E-state index contributed by atoms with van der Waals surface area (Å²) < 4.78 is 5.15. The largest absolute Gasteiger partial charge is 0.466 e. The number of nitrogens with zero attached hydrogens (tertiary/aromatic N) is 3. The van der Waals surface area contributed by atoms with Gasteiger partial charge in [-0.2, -0.15) is 0 Å². The van der Waals surface area contributed by atoms with Crippen molar-refractivity contribution in [2.45, 2.75) is 33.2 Å². The molecule has 1 atom stereocenters. The summed E-state index contributed by atoms with van der Waals surface area (Å²) in [4.78, 5) is 22.9. The van der Waals surface area contributed by atoms with Crippen molar-refractivity contribution >= 4 is 11.9 Å². The van der Waals surface area contributed by atoms with E-state index in [1.807, 2.05) is 32.0 Å². The van der Waals surface area contributed by atoms with Crippen LogP contribution in [0.3, 0.4) is 0 Å². The maximum absolute atomic E-state index is 12.0. The molecule has 1 fully saturated rings. The van der Waals surface area contributed by atoms with E-state index >= 15 is 0 Å². The van der Waals surface area contributed by atoms with Crippen LogP contribution in [0.15, 0.2) is 23.2 Å². The van der Waals surface area contributed by atoms with Crippen LogP contribution < -0.4 is 5.32 Å². The summed E-state index contributed by atoms with van der Waals surface area (Å²) in [5, 5.41) is 3.34. The van der Waals surface area contributed by atoms with Crippen molar-refractivity contribution in [1.29, 1.82) is 0 Å². The molecule has 1 aliphatic rings. The average molecular weight is 318 g/mol.